The van der Waals surface area contributed by atoms with E-state index in [4.69, 9.17) is 9.29 Å². The lowest BCUT2D eigenvalue weighted by Crippen LogP contribution is -2.51. The van der Waals surface area contributed by atoms with E-state index in [0.29, 0.717) is 42.6 Å². The number of esters is 2. The van der Waals surface area contributed by atoms with Crippen LogP contribution in [-0.4, -0.2) is 42.9 Å². The monoisotopic (exact) mass is 492 g/mol. The van der Waals surface area contributed by atoms with Crippen molar-refractivity contribution in [1.29, 1.82) is 0 Å². The molecule has 2 bridgehead atoms. The third kappa shape index (κ3) is 5.87. The van der Waals surface area contributed by atoms with E-state index in [0.717, 1.165) is 5.56 Å². The molecule has 33 heavy (non-hydrogen) atoms. The molecule has 1 aromatic rings. The first-order valence-corrected chi connectivity index (χ1v) is 12.3. The van der Waals surface area contributed by atoms with Crippen LogP contribution in [0.1, 0.15) is 42.4 Å². The van der Waals surface area contributed by atoms with Gasteiger partial charge >= 0.3 is 18.1 Å². The van der Waals surface area contributed by atoms with Crippen LogP contribution in [0.5, 0.6) is 5.75 Å². The van der Waals surface area contributed by atoms with Crippen LogP contribution in [0.25, 0.3) is 0 Å². The molecule has 0 radical (unpaired) electrons. The van der Waals surface area contributed by atoms with Gasteiger partial charge in [-0.25, -0.2) is 0 Å². The quantitative estimate of drug-likeness (QED) is 0.364. The van der Waals surface area contributed by atoms with Gasteiger partial charge in [-0.1, -0.05) is 17.7 Å². The van der Waals surface area contributed by atoms with E-state index < -0.39 is 51.9 Å². The number of hydrogen-bond donors (Lipinski definition) is 1. The van der Waals surface area contributed by atoms with Crippen LogP contribution >= 0.6 is 0 Å². The second-order valence-corrected chi connectivity index (χ2v) is 10.6. The molecule has 0 spiro atoms. The van der Waals surface area contributed by atoms with Crippen LogP contribution in [0.15, 0.2) is 12.1 Å². The van der Waals surface area contributed by atoms with Crippen molar-refractivity contribution in [3.63, 3.8) is 0 Å². The van der Waals surface area contributed by atoms with Gasteiger partial charge in [0.05, 0.1) is 11.8 Å². The van der Waals surface area contributed by atoms with Crippen molar-refractivity contribution >= 4 is 22.1 Å². The molecule has 1 N–H and O–H groups in total. The summed E-state index contributed by atoms with van der Waals surface area (Å²) in [6.45, 7) is 5.43. The Morgan fingerprint density at radius 2 is 1.45 bits per heavy atom. The Morgan fingerprint density at radius 3 is 1.88 bits per heavy atom. The highest BCUT2D eigenvalue weighted by Gasteiger charge is 2.54. The highest BCUT2D eigenvalue weighted by Crippen LogP contribution is 2.50. The predicted molar refractivity (Wildman–Crippen MR) is 111 cm³/mol. The molecule has 0 heterocycles. The van der Waals surface area contributed by atoms with Gasteiger partial charge < -0.3 is 9.47 Å². The fraction of sp³-hybridized carbons (Fsp3) is 0.636. The summed E-state index contributed by atoms with van der Waals surface area (Å²) >= 11 is 0. The minimum Gasteiger partial charge on any atom is -0.451 e. The summed E-state index contributed by atoms with van der Waals surface area (Å²) in [6, 6.07) is 3.66. The Bertz CT molecular complexity index is 1000. The Balaban J connectivity index is 1.86. The molecule has 0 aromatic heterocycles. The minimum absolute atomic E-state index is 0.253. The summed E-state index contributed by atoms with van der Waals surface area (Å²) in [7, 11) is -5.07. The van der Waals surface area contributed by atoms with Gasteiger partial charge in [-0.3, -0.25) is 14.1 Å². The van der Waals surface area contributed by atoms with E-state index in [1.54, 1.807) is 13.8 Å². The predicted octanol–water partition coefficient (Wildman–Crippen LogP) is 3.93. The maximum atomic E-state index is 13.3. The Hall–Kier alpha value is -2.14. The van der Waals surface area contributed by atoms with Crippen LogP contribution in [0.2, 0.25) is 0 Å². The number of ether oxygens (including phenoxy) is 2. The van der Waals surface area contributed by atoms with Crippen molar-refractivity contribution in [2.24, 2.45) is 23.7 Å². The van der Waals surface area contributed by atoms with E-state index in [-0.39, 0.29) is 11.8 Å². The second kappa shape index (κ2) is 9.25. The first-order valence-electron chi connectivity index (χ1n) is 10.7. The lowest BCUT2D eigenvalue weighted by Gasteiger charge is -2.46. The average Bonchev–Trinajstić information content (AvgIpc) is 2.68. The molecule has 4 rings (SSSR count). The summed E-state index contributed by atoms with van der Waals surface area (Å²) in [5, 5.41) is 0. The largest absolute Gasteiger partial charge is 0.451 e. The Labute approximate surface area is 190 Å². The number of alkyl halides is 3. The van der Waals surface area contributed by atoms with E-state index in [1.165, 1.54) is 0 Å². The van der Waals surface area contributed by atoms with Crippen LogP contribution in [-0.2, 0) is 24.4 Å². The smallest absolute Gasteiger partial charge is 0.426 e. The maximum absolute atomic E-state index is 13.3. The molecule has 3 unspecified atom stereocenters. The van der Waals surface area contributed by atoms with Crippen molar-refractivity contribution in [1.82, 2.24) is 0 Å². The van der Waals surface area contributed by atoms with Crippen molar-refractivity contribution < 1.29 is 45.2 Å². The molecule has 3 aliphatic carbocycles. The summed E-state index contributed by atoms with van der Waals surface area (Å²) in [6.07, 6.45) is -5.87. The van der Waals surface area contributed by atoms with Gasteiger partial charge in [0.25, 0.3) is 10.1 Å². The second-order valence-electron chi connectivity index (χ2n) is 9.09. The molecule has 7 nitrogen and oxygen atoms in total. The van der Waals surface area contributed by atoms with Gasteiger partial charge in [0.1, 0.15) is 11.5 Å². The zero-order chi connectivity index (χ0) is 24.7. The molecular formula is C22H27F3O7S. The third-order valence-electron chi connectivity index (χ3n) is 6.56. The summed E-state index contributed by atoms with van der Waals surface area (Å²) in [5.41, 5.74) is 2.40. The number of rotatable bonds is 6. The zero-order valence-corrected chi connectivity index (χ0v) is 19.3. The number of hydrogen-bond acceptors (Lipinski definition) is 6. The van der Waals surface area contributed by atoms with Gasteiger partial charge in [-0.2, -0.15) is 21.6 Å². The molecule has 3 saturated carbocycles. The number of halogens is 3. The molecule has 0 saturated heterocycles. The number of aryl methyl sites for hydroxylation is 3. The van der Waals surface area contributed by atoms with Crippen LogP contribution in [0, 0.1) is 44.4 Å². The SMILES string of the molecule is Cc1cc(C)c(OC(=O)C2C3CCC(CC3)C2C(=O)OC(CS(=O)(=O)O)C(F)(F)F)c(C)c1. The molecule has 0 aliphatic heterocycles. The van der Waals surface area contributed by atoms with E-state index >= 15 is 0 Å². The maximum Gasteiger partial charge on any atom is 0.426 e. The third-order valence-corrected chi connectivity index (χ3v) is 7.28. The zero-order valence-electron chi connectivity index (χ0n) is 18.5. The van der Waals surface area contributed by atoms with Gasteiger partial charge in [-0.05, 0) is 69.4 Å². The normalized spacial score (nSPS) is 26.0. The minimum atomic E-state index is -5.20. The highest BCUT2D eigenvalue weighted by atomic mass is 32.2. The first-order chi connectivity index (χ1) is 15.2. The van der Waals surface area contributed by atoms with Crippen LogP contribution < -0.4 is 4.74 Å². The molecule has 3 aliphatic rings. The average molecular weight is 493 g/mol. The topological polar surface area (TPSA) is 107 Å². The van der Waals surface area contributed by atoms with Gasteiger partial charge in [0.15, 0.2) is 0 Å². The van der Waals surface area contributed by atoms with E-state index in [9.17, 15) is 31.2 Å². The number of carbonyl (C=O) groups is 2. The molecule has 184 valence electrons. The molecule has 3 atom stereocenters. The fourth-order valence-electron chi connectivity index (χ4n) is 5.23. The van der Waals surface area contributed by atoms with Gasteiger partial charge in [0, 0.05) is 0 Å². The molecule has 0 amide bonds. The van der Waals surface area contributed by atoms with Crippen LogP contribution in [0.3, 0.4) is 0 Å². The lowest BCUT2D eigenvalue weighted by molar-refractivity contribution is -0.222. The number of fused-ring (bicyclic) bond motifs is 3. The Morgan fingerprint density at radius 1 is 1.00 bits per heavy atom. The van der Waals surface area contributed by atoms with Crippen molar-refractivity contribution in [2.75, 3.05) is 5.75 Å². The summed E-state index contributed by atoms with van der Waals surface area (Å²) < 4.78 is 81.0. The highest BCUT2D eigenvalue weighted by molar-refractivity contribution is 7.85. The van der Waals surface area contributed by atoms with Crippen molar-refractivity contribution in [3.05, 3.63) is 28.8 Å². The van der Waals surface area contributed by atoms with E-state index in [1.807, 2.05) is 19.1 Å². The van der Waals surface area contributed by atoms with E-state index in [2.05, 4.69) is 4.74 Å². The Kier molecular flexibility index (Phi) is 7.14. The van der Waals surface area contributed by atoms with Crippen molar-refractivity contribution in [2.45, 2.75) is 58.7 Å². The van der Waals surface area contributed by atoms with Gasteiger partial charge in [-0.15, -0.1) is 0 Å². The summed E-state index contributed by atoms with van der Waals surface area (Å²) in [4.78, 5) is 26.1. The fourth-order valence-corrected chi connectivity index (χ4v) is 5.87. The number of carbonyl (C=O) groups excluding carboxylic acids is 2. The first kappa shape index (κ1) is 25.5. The lowest BCUT2D eigenvalue weighted by atomic mass is 9.58. The van der Waals surface area contributed by atoms with Crippen LogP contribution in [0.4, 0.5) is 13.2 Å². The molecule has 3 fully saturated rings. The standard InChI is InChI=1S/C22H27F3O7S/c1-11-8-12(2)19(13(3)9-11)32-21(27)18-15-6-4-14(5-7-15)17(18)20(26)31-16(22(23,24)25)10-33(28,29)30/h8-9,14-18H,4-7,10H2,1-3H3,(H,28,29,30). The summed E-state index contributed by atoms with van der Waals surface area (Å²) in [5.74, 6) is -6.27. The van der Waals surface area contributed by atoms with Gasteiger partial charge in [0.2, 0.25) is 6.10 Å². The molecule has 11 heteroatoms. The molecule has 1 aromatic carbocycles. The number of benzene rings is 1. The molecular weight excluding hydrogens is 465 g/mol. The van der Waals surface area contributed by atoms with Crippen molar-refractivity contribution in [3.8, 4) is 5.75 Å².